The molecule has 2 rings (SSSR count). The SMILES string of the molecule is CCNC(c1ccc(Cl)c(Br)c1)c1cc(Cl)c(Br)s1. The molecule has 1 N–H and O–H groups in total. The van der Waals surface area contributed by atoms with E-state index in [1.165, 1.54) is 4.88 Å². The molecule has 1 atom stereocenters. The summed E-state index contributed by atoms with van der Waals surface area (Å²) in [4.78, 5) is 1.17. The average molecular weight is 444 g/mol. The number of benzene rings is 1. The number of nitrogens with one attached hydrogen (secondary N) is 1. The van der Waals surface area contributed by atoms with E-state index in [1.54, 1.807) is 11.3 Å². The van der Waals surface area contributed by atoms with Gasteiger partial charge in [0.25, 0.3) is 0 Å². The maximum Gasteiger partial charge on any atom is 0.0888 e. The van der Waals surface area contributed by atoms with E-state index in [1.807, 2.05) is 24.3 Å². The topological polar surface area (TPSA) is 12.0 Å². The van der Waals surface area contributed by atoms with Crippen molar-refractivity contribution in [1.82, 2.24) is 5.32 Å². The highest BCUT2D eigenvalue weighted by atomic mass is 79.9. The van der Waals surface area contributed by atoms with Crippen LogP contribution in [0.4, 0.5) is 0 Å². The number of halogens is 4. The van der Waals surface area contributed by atoms with Crippen molar-refractivity contribution in [3.8, 4) is 0 Å². The van der Waals surface area contributed by atoms with Crippen molar-refractivity contribution in [3.63, 3.8) is 0 Å². The minimum absolute atomic E-state index is 0.118. The zero-order valence-electron chi connectivity index (χ0n) is 10.0. The van der Waals surface area contributed by atoms with Crippen molar-refractivity contribution in [1.29, 1.82) is 0 Å². The van der Waals surface area contributed by atoms with Gasteiger partial charge in [-0.05, 0) is 62.2 Å². The van der Waals surface area contributed by atoms with Crippen LogP contribution in [0.3, 0.4) is 0 Å². The minimum Gasteiger partial charge on any atom is -0.306 e. The van der Waals surface area contributed by atoms with E-state index in [9.17, 15) is 0 Å². The normalized spacial score (nSPS) is 12.7. The van der Waals surface area contributed by atoms with E-state index in [2.05, 4.69) is 44.1 Å². The van der Waals surface area contributed by atoms with Crippen molar-refractivity contribution in [3.05, 3.63) is 53.0 Å². The van der Waals surface area contributed by atoms with Crippen molar-refractivity contribution in [2.24, 2.45) is 0 Å². The second-order valence-electron chi connectivity index (χ2n) is 3.93. The zero-order chi connectivity index (χ0) is 14.0. The van der Waals surface area contributed by atoms with E-state index in [0.717, 1.165) is 25.4 Å². The molecule has 6 heteroatoms. The molecule has 0 aliphatic rings. The van der Waals surface area contributed by atoms with E-state index in [-0.39, 0.29) is 6.04 Å². The molecule has 0 aliphatic carbocycles. The van der Waals surface area contributed by atoms with E-state index >= 15 is 0 Å². The van der Waals surface area contributed by atoms with Crippen LogP contribution in [0.25, 0.3) is 0 Å². The predicted molar refractivity (Wildman–Crippen MR) is 91.7 cm³/mol. The Kier molecular flexibility index (Phi) is 5.76. The first kappa shape index (κ1) is 15.8. The molecule has 0 bridgehead atoms. The number of thiophene rings is 1. The molecule has 102 valence electrons. The van der Waals surface area contributed by atoms with Crippen LogP contribution in [-0.4, -0.2) is 6.54 Å². The standard InChI is InChI=1S/C13H11Br2Cl2NS/c1-2-18-12(11-6-10(17)13(15)19-11)7-3-4-9(16)8(14)5-7/h3-6,12,18H,2H2,1H3. The summed E-state index contributed by atoms with van der Waals surface area (Å²) in [6.45, 7) is 2.96. The summed E-state index contributed by atoms with van der Waals surface area (Å²) in [6.07, 6.45) is 0. The Balaban J connectivity index is 2.41. The number of hydrogen-bond acceptors (Lipinski definition) is 2. The molecule has 1 unspecified atom stereocenters. The molecule has 19 heavy (non-hydrogen) atoms. The molecular formula is C13H11Br2Cl2NS. The van der Waals surface area contributed by atoms with Gasteiger partial charge in [0.15, 0.2) is 0 Å². The van der Waals surface area contributed by atoms with Gasteiger partial charge >= 0.3 is 0 Å². The maximum atomic E-state index is 6.12. The molecular weight excluding hydrogens is 433 g/mol. The van der Waals surface area contributed by atoms with E-state index in [4.69, 9.17) is 23.2 Å². The van der Waals surface area contributed by atoms with Crippen molar-refractivity contribution in [2.45, 2.75) is 13.0 Å². The van der Waals surface area contributed by atoms with Crippen LogP contribution in [0.15, 0.2) is 32.5 Å². The minimum atomic E-state index is 0.118. The molecule has 0 radical (unpaired) electrons. The van der Waals surface area contributed by atoms with Crippen LogP contribution in [0, 0.1) is 0 Å². The molecule has 0 saturated heterocycles. The summed E-state index contributed by atoms with van der Waals surface area (Å²) in [5.74, 6) is 0. The van der Waals surface area contributed by atoms with Crippen LogP contribution >= 0.6 is 66.4 Å². The van der Waals surface area contributed by atoms with Gasteiger partial charge in [-0.1, -0.05) is 36.2 Å². The fourth-order valence-corrected chi connectivity index (χ4v) is 4.15. The Labute approximate surface area is 143 Å². The Bertz CT molecular complexity index is 567. The van der Waals surface area contributed by atoms with Gasteiger partial charge in [0, 0.05) is 9.35 Å². The van der Waals surface area contributed by atoms with Gasteiger partial charge in [0.05, 0.1) is 19.9 Å². The first-order valence-corrected chi connectivity index (χ1v) is 8.81. The molecule has 2 aromatic rings. The Morgan fingerprint density at radius 3 is 2.47 bits per heavy atom. The third kappa shape index (κ3) is 3.74. The monoisotopic (exact) mass is 441 g/mol. The van der Waals surface area contributed by atoms with Gasteiger partial charge in [0.1, 0.15) is 0 Å². The molecule has 0 spiro atoms. The van der Waals surface area contributed by atoms with Gasteiger partial charge in [-0.3, -0.25) is 0 Å². The van der Waals surface area contributed by atoms with Crippen LogP contribution in [-0.2, 0) is 0 Å². The van der Waals surface area contributed by atoms with Crippen molar-refractivity contribution < 1.29 is 0 Å². The molecule has 0 aliphatic heterocycles. The molecule has 1 nitrogen and oxygen atoms in total. The van der Waals surface area contributed by atoms with Crippen LogP contribution in [0.1, 0.15) is 23.4 Å². The highest BCUT2D eigenvalue weighted by Crippen LogP contribution is 2.38. The van der Waals surface area contributed by atoms with E-state index < -0.39 is 0 Å². The lowest BCUT2D eigenvalue weighted by Crippen LogP contribution is -2.21. The van der Waals surface area contributed by atoms with Gasteiger partial charge < -0.3 is 5.32 Å². The smallest absolute Gasteiger partial charge is 0.0888 e. The highest BCUT2D eigenvalue weighted by molar-refractivity contribution is 9.11. The summed E-state index contributed by atoms with van der Waals surface area (Å²) in [5, 5.41) is 4.93. The highest BCUT2D eigenvalue weighted by Gasteiger charge is 2.18. The maximum absolute atomic E-state index is 6.12. The first-order valence-electron chi connectivity index (χ1n) is 5.66. The average Bonchev–Trinajstić information content (AvgIpc) is 2.70. The lowest BCUT2D eigenvalue weighted by Gasteiger charge is -2.17. The fourth-order valence-electron chi connectivity index (χ4n) is 1.78. The summed E-state index contributed by atoms with van der Waals surface area (Å²) in [5.41, 5.74) is 1.16. The summed E-state index contributed by atoms with van der Waals surface area (Å²) in [7, 11) is 0. The molecule has 0 saturated carbocycles. The van der Waals surface area contributed by atoms with Gasteiger partial charge in [-0.25, -0.2) is 0 Å². The van der Waals surface area contributed by atoms with Crippen molar-refractivity contribution in [2.75, 3.05) is 6.54 Å². The number of rotatable bonds is 4. The largest absolute Gasteiger partial charge is 0.306 e. The zero-order valence-corrected chi connectivity index (χ0v) is 15.5. The van der Waals surface area contributed by atoms with Crippen LogP contribution < -0.4 is 5.32 Å². The summed E-state index contributed by atoms with van der Waals surface area (Å²) < 4.78 is 1.86. The summed E-state index contributed by atoms with van der Waals surface area (Å²) in [6, 6.07) is 8.08. The lowest BCUT2D eigenvalue weighted by atomic mass is 10.1. The van der Waals surface area contributed by atoms with Gasteiger partial charge in [-0.2, -0.15) is 0 Å². The molecule has 0 amide bonds. The molecule has 1 aromatic heterocycles. The van der Waals surface area contributed by atoms with Crippen LogP contribution in [0.5, 0.6) is 0 Å². The second kappa shape index (κ2) is 6.92. The summed E-state index contributed by atoms with van der Waals surface area (Å²) >= 11 is 20.7. The second-order valence-corrected chi connectivity index (χ2v) is 8.01. The third-order valence-electron chi connectivity index (χ3n) is 2.63. The third-order valence-corrected chi connectivity index (χ3v) is 6.39. The fraction of sp³-hybridized carbons (Fsp3) is 0.231. The Morgan fingerprint density at radius 1 is 1.21 bits per heavy atom. The Hall–Kier alpha value is 0.420. The van der Waals surface area contributed by atoms with E-state index in [0.29, 0.717) is 5.02 Å². The first-order chi connectivity index (χ1) is 9.02. The predicted octanol–water partition coefficient (Wildman–Crippen LogP) is 6.28. The molecule has 1 aromatic carbocycles. The number of hydrogen-bond donors (Lipinski definition) is 1. The Morgan fingerprint density at radius 2 is 1.95 bits per heavy atom. The van der Waals surface area contributed by atoms with Crippen molar-refractivity contribution >= 4 is 66.4 Å². The lowest BCUT2D eigenvalue weighted by molar-refractivity contribution is 0.639. The molecule has 0 fully saturated rings. The quantitative estimate of drug-likeness (QED) is 0.586. The van der Waals surface area contributed by atoms with Gasteiger partial charge in [0.2, 0.25) is 0 Å². The molecule has 1 heterocycles. The van der Waals surface area contributed by atoms with Gasteiger partial charge in [-0.15, -0.1) is 11.3 Å². The van der Waals surface area contributed by atoms with Crippen LogP contribution in [0.2, 0.25) is 10.0 Å².